The molecule has 0 aliphatic carbocycles. The van der Waals surface area contributed by atoms with E-state index < -0.39 is 10.0 Å². The Labute approximate surface area is 200 Å². The highest BCUT2D eigenvalue weighted by atomic mass is 32.2. The summed E-state index contributed by atoms with van der Waals surface area (Å²) in [5.41, 5.74) is 0.983. The van der Waals surface area contributed by atoms with E-state index in [1.54, 1.807) is 24.3 Å². The number of aromatic nitrogens is 4. The summed E-state index contributed by atoms with van der Waals surface area (Å²) in [5, 5.41) is 6.72. The third-order valence-electron chi connectivity index (χ3n) is 4.88. The summed E-state index contributed by atoms with van der Waals surface area (Å²) < 4.78 is 39.3. The Morgan fingerprint density at radius 2 is 1.74 bits per heavy atom. The van der Waals surface area contributed by atoms with Crippen LogP contribution in [0.3, 0.4) is 0 Å². The van der Waals surface area contributed by atoms with E-state index in [4.69, 9.17) is 9.47 Å². The van der Waals surface area contributed by atoms with Crippen molar-refractivity contribution in [3.8, 4) is 17.6 Å². The summed E-state index contributed by atoms with van der Waals surface area (Å²) in [7, 11) is -1.19. The van der Waals surface area contributed by atoms with Gasteiger partial charge < -0.3 is 14.8 Å². The van der Waals surface area contributed by atoms with Gasteiger partial charge in [-0.1, -0.05) is 24.8 Å². The van der Waals surface area contributed by atoms with Crippen molar-refractivity contribution in [2.45, 2.75) is 4.90 Å². The number of H-pyrrole nitrogens is 1. The normalized spacial score (nSPS) is 11.8. The molecule has 0 aliphatic heterocycles. The van der Waals surface area contributed by atoms with Gasteiger partial charge in [-0.05, 0) is 36.4 Å². The number of benzene rings is 2. The molecule has 3 N–H and O–H groups in total. The SMILES string of the molecule is C=c1[nH]n(-c2ccccc2)c(=O)/c1=C/Nc1ccc(S(=O)(=O)Nc2cc(OC)nc(OC)n2)cc1. The van der Waals surface area contributed by atoms with Gasteiger partial charge in [-0.2, -0.15) is 9.97 Å². The lowest BCUT2D eigenvalue weighted by Gasteiger charge is -2.10. The predicted octanol–water partition coefficient (Wildman–Crippen LogP) is 1.03. The molecule has 0 spiro atoms. The molecular formula is C23H22N6O5S. The van der Waals surface area contributed by atoms with Crippen molar-refractivity contribution < 1.29 is 17.9 Å². The molecule has 12 heteroatoms. The van der Waals surface area contributed by atoms with Gasteiger partial charge in [0.25, 0.3) is 15.6 Å². The second-order valence-corrected chi connectivity index (χ2v) is 8.86. The molecular weight excluding hydrogens is 472 g/mol. The number of para-hydroxylation sites is 1. The average molecular weight is 495 g/mol. The van der Waals surface area contributed by atoms with Crippen molar-refractivity contribution in [1.82, 2.24) is 19.7 Å². The van der Waals surface area contributed by atoms with E-state index in [2.05, 4.69) is 31.7 Å². The number of rotatable bonds is 8. The van der Waals surface area contributed by atoms with Crippen LogP contribution in [0.15, 0.2) is 70.4 Å². The molecule has 2 aromatic carbocycles. The standard InChI is InChI=1S/C23H22N6O5S/c1-15-19(22(30)29(27-15)17-7-5-4-6-8-17)14-24-16-9-11-18(12-10-16)35(31,32)28-20-13-21(33-2)26-23(25-20)34-3/h4-14,24,27H,1H2,2-3H3,(H,25,26,28)/b19-14+. The molecule has 4 aromatic rings. The van der Waals surface area contributed by atoms with Crippen molar-refractivity contribution in [1.29, 1.82) is 0 Å². The molecule has 0 amide bonds. The van der Waals surface area contributed by atoms with E-state index in [-0.39, 0.29) is 28.2 Å². The summed E-state index contributed by atoms with van der Waals surface area (Å²) in [6.07, 6.45) is 1.52. The van der Waals surface area contributed by atoms with Crippen molar-refractivity contribution in [2.75, 3.05) is 24.3 Å². The minimum absolute atomic E-state index is 0.00511. The first-order valence-corrected chi connectivity index (χ1v) is 11.7. The van der Waals surface area contributed by atoms with Crippen LogP contribution < -0.4 is 35.6 Å². The number of methoxy groups -OCH3 is 2. The first-order chi connectivity index (χ1) is 16.8. The number of nitrogens with one attached hydrogen (secondary N) is 3. The highest BCUT2D eigenvalue weighted by molar-refractivity contribution is 7.92. The van der Waals surface area contributed by atoms with Crippen LogP contribution in [0, 0.1) is 0 Å². The zero-order valence-electron chi connectivity index (χ0n) is 18.8. The van der Waals surface area contributed by atoms with E-state index in [1.807, 2.05) is 18.2 Å². The molecule has 0 unspecified atom stereocenters. The van der Waals surface area contributed by atoms with E-state index in [9.17, 15) is 13.2 Å². The van der Waals surface area contributed by atoms with E-state index in [1.165, 1.54) is 43.3 Å². The highest BCUT2D eigenvalue weighted by Crippen LogP contribution is 2.21. The number of anilines is 2. The Hall–Kier alpha value is -4.58. The molecule has 0 fully saturated rings. The average Bonchev–Trinajstić information content (AvgIpc) is 3.15. The fraction of sp³-hybridized carbons (Fsp3) is 0.0870. The maximum atomic E-state index is 12.8. The molecule has 11 nitrogen and oxygen atoms in total. The molecule has 0 radical (unpaired) electrons. The molecule has 2 heterocycles. The van der Waals surface area contributed by atoms with Gasteiger partial charge in [-0.25, -0.2) is 13.1 Å². The lowest BCUT2D eigenvalue weighted by atomic mass is 10.3. The van der Waals surface area contributed by atoms with Crippen LogP contribution in [0.1, 0.15) is 0 Å². The highest BCUT2D eigenvalue weighted by Gasteiger charge is 2.17. The molecule has 0 atom stereocenters. The largest absolute Gasteiger partial charge is 0.481 e. The van der Waals surface area contributed by atoms with Gasteiger partial charge in [0.2, 0.25) is 5.88 Å². The number of ether oxygens (including phenoxy) is 2. The smallest absolute Gasteiger partial charge is 0.321 e. The van der Waals surface area contributed by atoms with Gasteiger partial charge in [-0.15, -0.1) is 0 Å². The summed E-state index contributed by atoms with van der Waals surface area (Å²) in [6, 6.07) is 16.4. The Kier molecular flexibility index (Phi) is 6.55. The molecule has 180 valence electrons. The van der Waals surface area contributed by atoms with Gasteiger partial charge in [0, 0.05) is 18.0 Å². The second kappa shape index (κ2) is 9.73. The summed E-state index contributed by atoms with van der Waals surface area (Å²) >= 11 is 0. The minimum atomic E-state index is -3.95. The quantitative estimate of drug-likeness (QED) is 0.330. The third kappa shape index (κ3) is 5.17. The van der Waals surface area contributed by atoms with Crippen molar-refractivity contribution in [3.63, 3.8) is 0 Å². The van der Waals surface area contributed by atoms with Gasteiger partial charge in [-0.3, -0.25) is 14.6 Å². The monoisotopic (exact) mass is 494 g/mol. The van der Waals surface area contributed by atoms with Crippen LogP contribution in [-0.2, 0) is 10.0 Å². The summed E-state index contributed by atoms with van der Waals surface area (Å²) in [4.78, 5) is 20.7. The van der Waals surface area contributed by atoms with E-state index >= 15 is 0 Å². The topological polar surface area (TPSA) is 140 Å². The number of nitrogens with zero attached hydrogens (tertiary/aromatic N) is 3. The maximum Gasteiger partial charge on any atom is 0.321 e. The number of hydrogen-bond acceptors (Lipinski definition) is 8. The molecule has 35 heavy (non-hydrogen) atoms. The van der Waals surface area contributed by atoms with Crippen LogP contribution in [0.2, 0.25) is 0 Å². The van der Waals surface area contributed by atoms with Crippen LogP contribution in [0.4, 0.5) is 11.5 Å². The maximum absolute atomic E-state index is 12.8. The Morgan fingerprint density at radius 3 is 2.40 bits per heavy atom. The van der Waals surface area contributed by atoms with Crippen LogP contribution in [0.5, 0.6) is 11.9 Å². The van der Waals surface area contributed by atoms with Gasteiger partial charge in [0.05, 0.1) is 35.4 Å². The van der Waals surface area contributed by atoms with E-state index in [0.717, 1.165) is 0 Å². The Morgan fingerprint density at radius 1 is 1.03 bits per heavy atom. The molecule has 0 bridgehead atoms. The van der Waals surface area contributed by atoms with Crippen LogP contribution >= 0.6 is 0 Å². The van der Waals surface area contributed by atoms with Crippen LogP contribution in [0.25, 0.3) is 18.5 Å². The number of sulfonamides is 1. The summed E-state index contributed by atoms with van der Waals surface area (Å²) in [5.74, 6) is 0.139. The van der Waals surface area contributed by atoms with Crippen molar-refractivity contribution in [2.24, 2.45) is 0 Å². The third-order valence-corrected chi connectivity index (χ3v) is 6.25. The first kappa shape index (κ1) is 23.6. The number of aromatic amines is 1. The lowest BCUT2D eigenvalue weighted by molar-refractivity contribution is 0.353. The second-order valence-electron chi connectivity index (χ2n) is 7.18. The predicted molar refractivity (Wildman–Crippen MR) is 132 cm³/mol. The Bertz CT molecular complexity index is 1590. The molecule has 2 aromatic heterocycles. The van der Waals surface area contributed by atoms with Gasteiger partial charge in [0.15, 0.2) is 5.82 Å². The lowest BCUT2D eigenvalue weighted by Crippen LogP contribution is -2.34. The molecule has 0 saturated heterocycles. The zero-order chi connectivity index (χ0) is 25.0. The fourth-order valence-electron chi connectivity index (χ4n) is 3.14. The van der Waals surface area contributed by atoms with Gasteiger partial charge >= 0.3 is 6.01 Å². The molecule has 0 saturated carbocycles. The van der Waals surface area contributed by atoms with Crippen LogP contribution in [-0.4, -0.2) is 42.4 Å². The summed E-state index contributed by atoms with van der Waals surface area (Å²) in [6.45, 7) is 3.89. The van der Waals surface area contributed by atoms with Crippen molar-refractivity contribution in [3.05, 3.63) is 81.6 Å². The first-order valence-electron chi connectivity index (χ1n) is 10.2. The van der Waals surface area contributed by atoms with Crippen molar-refractivity contribution >= 4 is 34.3 Å². The zero-order valence-corrected chi connectivity index (χ0v) is 19.7. The van der Waals surface area contributed by atoms with Gasteiger partial charge in [0.1, 0.15) is 0 Å². The minimum Gasteiger partial charge on any atom is -0.481 e. The Balaban J connectivity index is 1.54. The molecule has 4 rings (SSSR count). The number of hydrogen-bond donors (Lipinski definition) is 3. The fourth-order valence-corrected chi connectivity index (χ4v) is 4.13. The molecule has 0 aliphatic rings. The van der Waals surface area contributed by atoms with E-state index in [0.29, 0.717) is 21.9 Å².